The minimum atomic E-state index is -0.620. The first-order valence-electron chi connectivity index (χ1n) is 5.64. The molecule has 0 atom stereocenters. The summed E-state index contributed by atoms with van der Waals surface area (Å²) in [5.74, 6) is -0.719. The van der Waals surface area contributed by atoms with Crippen molar-refractivity contribution in [2.45, 2.75) is 13.5 Å². The van der Waals surface area contributed by atoms with Crippen molar-refractivity contribution in [1.29, 1.82) is 5.26 Å². The van der Waals surface area contributed by atoms with Crippen LogP contribution in [0.25, 0.3) is 0 Å². The molecule has 0 saturated carbocycles. The molecule has 0 spiro atoms. The number of hydrogen-bond donors (Lipinski definition) is 1. The number of hydrogen-bond acceptors (Lipinski definition) is 3. The van der Waals surface area contributed by atoms with Crippen LogP contribution in [0.1, 0.15) is 16.8 Å². The van der Waals surface area contributed by atoms with Crippen LogP contribution in [0.4, 0.5) is 14.6 Å². The second-order valence-corrected chi connectivity index (χ2v) is 4.13. The summed E-state index contributed by atoms with van der Waals surface area (Å²) in [6.45, 7) is 1.88. The Kier molecular flexibility index (Phi) is 3.47. The molecule has 1 aromatic heterocycles. The van der Waals surface area contributed by atoms with Gasteiger partial charge in [0, 0.05) is 25.2 Å². The van der Waals surface area contributed by atoms with Gasteiger partial charge in [-0.2, -0.15) is 10.4 Å². The lowest BCUT2D eigenvalue weighted by Crippen LogP contribution is -2.07. The molecule has 19 heavy (non-hydrogen) atoms. The zero-order valence-electron chi connectivity index (χ0n) is 10.5. The molecule has 1 aromatic carbocycles. The summed E-state index contributed by atoms with van der Waals surface area (Å²) in [7, 11) is 1.69. The molecule has 0 aliphatic carbocycles. The van der Waals surface area contributed by atoms with Crippen LogP contribution in [0.15, 0.2) is 18.2 Å². The Balaban J connectivity index is 2.22. The third-order valence-electron chi connectivity index (χ3n) is 2.80. The number of nitrogens with one attached hydrogen (secondary N) is 1. The highest BCUT2D eigenvalue weighted by Crippen LogP contribution is 2.19. The number of aromatic nitrogens is 2. The molecule has 0 aliphatic rings. The van der Waals surface area contributed by atoms with Crippen LogP contribution in [-0.4, -0.2) is 9.78 Å². The lowest BCUT2D eigenvalue weighted by atomic mass is 10.2. The molecule has 98 valence electrons. The van der Waals surface area contributed by atoms with Gasteiger partial charge in [-0.25, -0.2) is 8.78 Å². The average Bonchev–Trinajstić information content (AvgIpc) is 2.62. The van der Waals surface area contributed by atoms with E-state index in [-0.39, 0.29) is 6.54 Å². The average molecular weight is 262 g/mol. The molecule has 0 unspecified atom stereocenters. The molecule has 0 bridgehead atoms. The minimum Gasteiger partial charge on any atom is -0.365 e. The van der Waals surface area contributed by atoms with Crippen LogP contribution in [0, 0.1) is 29.9 Å². The lowest BCUT2D eigenvalue weighted by molar-refractivity contribution is 0.573. The van der Waals surface area contributed by atoms with E-state index in [0.29, 0.717) is 22.6 Å². The van der Waals surface area contributed by atoms with E-state index in [1.165, 1.54) is 16.8 Å². The van der Waals surface area contributed by atoms with E-state index < -0.39 is 11.6 Å². The molecular weight excluding hydrogens is 250 g/mol. The molecular formula is C13H12F2N4. The third kappa shape index (κ3) is 2.55. The summed E-state index contributed by atoms with van der Waals surface area (Å²) < 4.78 is 27.8. The first-order chi connectivity index (χ1) is 9.02. The quantitative estimate of drug-likeness (QED) is 0.924. The highest BCUT2D eigenvalue weighted by atomic mass is 19.1. The van der Waals surface area contributed by atoms with Crippen molar-refractivity contribution in [3.05, 3.63) is 46.7 Å². The Morgan fingerprint density at radius 2 is 2.16 bits per heavy atom. The van der Waals surface area contributed by atoms with Gasteiger partial charge < -0.3 is 5.32 Å². The predicted molar refractivity (Wildman–Crippen MR) is 66.3 cm³/mol. The lowest BCUT2D eigenvalue weighted by Gasteiger charge is -2.08. The number of anilines is 1. The van der Waals surface area contributed by atoms with Gasteiger partial charge >= 0.3 is 0 Å². The number of rotatable bonds is 3. The Labute approximate surface area is 109 Å². The molecule has 2 rings (SSSR count). The number of nitriles is 1. The molecule has 0 radical (unpaired) electrons. The Bertz CT molecular complexity index is 655. The van der Waals surface area contributed by atoms with Crippen molar-refractivity contribution < 1.29 is 8.78 Å². The van der Waals surface area contributed by atoms with Gasteiger partial charge in [-0.3, -0.25) is 4.68 Å². The van der Waals surface area contributed by atoms with Gasteiger partial charge in [0.05, 0.1) is 5.69 Å². The van der Waals surface area contributed by atoms with E-state index in [1.807, 2.05) is 6.07 Å². The number of nitrogens with zero attached hydrogens (tertiary/aromatic N) is 3. The van der Waals surface area contributed by atoms with Gasteiger partial charge in [0.1, 0.15) is 29.1 Å². The van der Waals surface area contributed by atoms with E-state index >= 15 is 0 Å². The Hall–Kier alpha value is -2.42. The maximum absolute atomic E-state index is 13.5. The molecule has 2 aromatic rings. The van der Waals surface area contributed by atoms with Crippen LogP contribution < -0.4 is 5.32 Å². The van der Waals surface area contributed by atoms with Crippen LogP contribution in [0.3, 0.4) is 0 Å². The zero-order chi connectivity index (χ0) is 14.0. The van der Waals surface area contributed by atoms with E-state index in [4.69, 9.17) is 5.26 Å². The molecule has 0 amide bonds. The second kappa shape index (κ2) is 5.06. The molecule has 0 fully saturated rings. The normalized spacial score (nSPS) is 10.3. The summed E-state index contributed by atoms with van der Waals surface area (Å²) in [5.41, 5.74) is 1.35. The van der Waals surface area contributed by atoms with Crippen molar-refractivity contribution in [1.82, 2.24) is 9.78 Å². The maximum Gasteiger partial charge on any atom is 0.142 e. The van der Waals surface area contributed by atoms with E-state index in [9.17, 15) is 8.78 Å². The fourth-order valence-corrected chi connectivity index (χ4v) is 1.84. The molecule has 4 nitrogen and oxygen atoms in total. The Morgan fingerprint density at radius 1 is 1.42 bits per heavy atom. The Morgan fingerprint density at radius 3 is 2.79 bits per heavy atom. The summed E-state index contributed by atoms with van der Waals surface area (Å²) in [6, 6.07) is 5.44. The zero-order valence-corrected chi connectivity index (χ0v) is 10.5. The summed E-state index contributed by atoms with van der Waals surface area (Å²) in [6.07, 6.45) is 0. The van der Waals surface area contributed by atoms with Crippen molar-refractivity contribution in [2.75, 3.05) is 5.32 Å². The smallest absolute Gasteiger partial charge is 0.142 e. The number of aryl methyl sites for hydroxylation is 2. The molecule has 6 heteroatoms. The van der Waals surface area contributed by atoms with E-state index in [1.54, 1.807) is 14.0 Å². The SMILES string of the molecule is Cc1nn(C)c(NCc2ccc(F)cc2F)c1C#N. The summed E-state index contributed by atoms with van der Waals surface area (Å²) >= 11 is 0. The van der Waals surface area contributed by atoms with Gasteiger partial charge in [0.15, 0.2) is 0 Å². The van der Waals surface area contributed by atoms with E-state index in [2.05, 4.69) is 10.4 Å². The number of halogens is 2. The minimum absolute atomic E-state index is 0.153. The van der Waals surface area contributed by atoms with Gasteiger partial charge in [0.25, 0.3) is 0 Å². The van der Waals surface area contributed by atoms with Gasteiger partial charge in [-0.05, 0) is 13.0 Å². The molecule has 0 saturated heterocycles. The van der Waals surface area contributed by atoms with Gasteiger partial charge in [0.2, 0.25) is 0 Å². The molecule has 0 aliphatic heterocycles. The van der Waals surface area contributed by atoms with Crippen LogP contribution in [-0.2, 0) is 13.6 Å². The van der Waals surface area contributed by atoms with Crippen molar-refractivity contribution in [3.8, 4) is 6.07 Å². The van der Waals surface area contributed by atoms with Crippen LogP contribution in [0.5, 0.6) is 0 Å². The predicted octanol–water partition coefficient (Wildman–Crippen LogP) is 2.49. The van der Waals surface area contributed by atoms with Crippen molar-refractivity contribution in [3.63, 3.8) is 0 Å². The van der Waals surface area contributed by atoms with Crippen molar-refractivity contribution in [2.24, 2.45) is 7.05 Å². The molecule has 1 heterocycles. The van der Waals surface area contributed by atoms with Crippen molar-refractivity contribution >= 4 is 5.82 Å². The van der Waals surface area contributed by atoms with E-state index in [0.717, 1.165) is 6.07 Å². The van der Waals surface area contributed by atoms with Crippen LogP contribution in [0.2, 0.25) is 0 Å². The fourth-order valence-electron chi connectivity index (χ4n) is 1.84. The first kappa shape index (κ1) is 13.0. The topological polar surface area (TPSA) is 53.6 Å². The second-order valence-electron chi connectivity index (χ2n) is 4.13. The number of benzene rings is 1. The highest BCUT2D eigenvalue weighted by molar-refractivity contribution is 5.55. The largest absolute Gasteiger partial charge is 0.365 e. The third-order valence-corrected chi connectivity index (χ3v) is 2.80. The van der Waals surface area contributed by atoms with Gasteiger partial charge in [-0.1, -0.05) is 6.07 Å². The maximum atomic E-state index is 13.5. The standard InChI is InChI=1S/C13H12F2N4/c1-8-11(6-16)13(19(2)18-8)17-7-9-3-4-10(14)5-12(9)15/h3-5,17H,7H2,1-2H3. The summed E-state index contributed by atoms with van der Waals surface area (Å²) in [4.78, 5) is 0. The first-order valence-corrected chi connectivity index (χ1v) is 5.64. The molecule has 1 N–H and O–H groups in total. The van der Waals surface area contributed by atoms with Crippen LogP contribution >= 0.6 is 0 Å². The monoisotopic (exact) mass is 262 g/mol. The highest BCUT2D eigenvalue weighted by Gasteiger charge is 2.13. The van der Waals surface area contributed by atoms with Gasteiger partial charge in [-0.15, -0.1) is 0 Å². The fraction of sp³-hybridized carbons (Fsp3) is 0.231. The summed E-state index contributed by atoms with van der Waals surface area (Å²) in [5, 5.41) is 16.1.